The zero-order chi connectivity index (χ0) is 15.9. The summed E-state index contributed by atoms with van der Waals surface area (Å²) in [5.41, 5.74) is 2.06. The highest BCUT2D eigenvalue weighted by atomic mass is 79.9. The van der Waals surface area contributed by atoms with Crippen LogP contribution in [0.2, 0.25) is 0 Å². The second kappa shape index (κ2) is 8.64. The Bertz CT molecular complexity index is 553. The van der Waals surface area contributed by atoms with Crippen molar-refractivity contribution in [2.24, 2.45) is 4.99 Å². The third-order valence-corrected chi connectivity index (χ3v) is 5.02. The lowest BCUT2D eigenvalue weighted by atomic mass is 10.2. The second-order valence-corrected chi connectivity index (χ2v) is 7.35. The van der Waals surface area contributed by atoms with Gasteiger partial charge >= 0.3 is 7.60 Å². The minimum atomic E-state index is -3.43. The zero-order valence-corrected chi connectivity index (χ0v) is 15.3. The summed E-state index contributed by atoms with van der Waals surface area (Å²) in [5.74, 6) is 0. The van der Waals surface area contributed by atoms with Crippen molar-refractivity contribution in [3.05, 3.63) is 46.1 Å². The summed E-state index contributed by atoms with van der Waals surface area (Å²) in [5, 5.41) is 0. The van der Waals surface area contributed by atoms with Gasteiger partial charge in [0.15, 0.2) is 5.45 Å². The van der Waals surface area contributed by atoms with Crippen molar-refractivity contribution in [3.63, 3.8) is 0 Å². The zero-order valence-electron chi connectivity index (χ0n) is 12.8. The first-order chi connectivity index (χ1) is 9.92. The summed E-state index contributed by atoms with van der Waals surface area (Å²) in [6.07, 6.45) is 1.67. The standard InChI is InChI=1S/C15H21BrNO3P/c1-5-19-21(18,20-6-2)15(17-11-12(3)4)13-7-9-14(16)10-8-13/h7-11H,5-6H2,1-4H3. The van der Waals surface area contributed by atoms with Crippen LogP contribution in [0.15, 0.2) is 45.5 Å². The second-order valence-electron chi connectivity index (χ2n) is 4.50. The predicted octanol–water partition coefficient (Wildman–Crippen LogP) is 5.39. The first kappa shape index (κ1) is 18.3. The van der Waals surface area contributed by atoms with Crippen LogP contribution in [0.25, 0.3) is 0 Å². The fraction of sp³-hybridized carbons (Fsp3) is 0.400. The van der Waals surface area contributed by atoms with Crippen LogP contribution in [0.5, 0.6) is 0 Å². The molecule has 21 heavy (non-hydrogen) atoms. The van der Waals surface area contributed by atoms with Crippen LogP contribution in [0, 0.1) is 0 Å². The molecule has 0 aliphatic carbocycles. The monoisotopic (exact) mass is 373 g/mol. The molecule has 0 heterocycles. The van der Waals surface area contributed by atoms with E-state index < -0.39 is 7.60 Å². The molecule has 0 fully saturated rings. The van der Waals surface area contributed by atoms with Gasteiger partial charge in [0.1, 0.15) is 0 Å². The Hall–Kier alpha value is -0.740. The molecule has 1 aromatic rings. The Morgan fingerprint density at radius 2 is 1.71 bits per heavy atom. The molecule has 116 valence electrons. The first-order valence-corrected chi connectivity index (χ1v) is 9.13. The average Bonchev–Trinajstić information content (AvgIpc) is 2.41. The number of allylic oxidation sites excluding steroid dienone is 1. The first-order valence-electron chi connectivity index (χ1n) is 6.79. The molecule has 0 amide bonds. The van der Waals surface area contributed by atoms with Crippen molar-refractivity contribution in [1.82, 2.24) is 0 Å². The van der Waals surface area contributed by atoms with Crippen molar-refractivity contribution in [1.29, 1.82) is 0 Å². The Labute approximate surface area is 134 Å². The van der Waals surface area contributed by atoms with Crippen LogP contribution in [-0.4, -0.2) is 18.7 Å². The summed E-state index contributed by atoms with van der Waals surface area (Å²) in [6, 6.07) is 7.42. The Morgan fingerprint density at radius 1 is 1.19 bits per heavy atom. The number of benzene rings is 1. The lowest BCUT2D eigenvalue weighted by molar-refractivity contribution is 0.232. The number of hydrogen-bond acceptors (Lipinski definition) is 4. The highest BCUT2D eigenvalue weighted by Crippen LogP contribution is 2.51. The van der Waals surface area contributed by atoms with Crippen molar-refractivity contribution < 1.29 is 13.6 Å². The molecule has 0 atom stereocenters. The molecular weight excluding hydrogens is 353 g/mol. The molecule has 0 aromatic heterocycles. The van der Waals surface area contributed by atoms with E-state index >= 15 is 0 Å². The smallest absolute Gasteiger partial charge is 0.304 e. The topological polar surface area (TPSA) is 47.9 Å². The van der Waals surface area contributed by atoms with Gasteiger partial charge in [0.25, 0.3) is 0 Å². The molecule has 6 heteroatoms. The normalized spacial score (nSPS) is 12.3. The Kier molecular flexibility index (Phi) is 7.53. The van der Waals surface area contributed by atoms with Crippen molar-refractivity contribution in [2.45, 2.75) is 27.7 Å². The third-order valence-electron chi connectivity index (χ3n) is 2.40. The number of halogens is 1. The van der Waals surface area contributed by atoms with E-state index in [0.717, 1.165) is 15.6 Å². The van der Waals surface area contributed by atoms with Gasteiger partial charge in [-0.3, -0.25) is 4.57 Å². The minimum Gasteiger partial charge on any atom is -0.304 e. The van der Waals surface area contributed by atoms with Gasteiger partial charge in [0.2, 0.25) is 0 Å². The minimum absolute atomic E-state index is 0.293. The maximum Gasteiger partial charge on any atom is 0.380 e. The van der Waals surface area contributed by atoms with Gasteiger partial charge in [0, 0.05) is 16.2 Å². The molecule has 0 unspecified atom stereocenters. The largest absolute Gasteiger partial charge is 0.380 e. The Balaban J connectivity index is 3.36. The van der Waals surface area contributed by atoms with Gasteiger partial charge in [-0.1, -0.05) is 33.6 Å². The number of aliphatic imine (C=N–C) groups is 1. The lowest BCUT2D eigenvalue weighted by Crippen LogP contribution is -2.08. The molecule has 0 spiro atoms. The van der Waals surface area contributed by atoms with Gasteiger partial charge in [-0.05, 0) is 39.8 Å². The van der Waals surface area contributed by atoms with Crippen LogP contribution >= 0.6 is 23.5 Å². The van der Waals surface area contributed by atoms with E-state index in [9.17, 15) is 4.57 Å². The van der Waals surface area contributed by atoms with E-state index in [1.807, 2.05) is 38.1 Å². The molecule has 1 rings (SSSR count). The molecule has 0 saturated heterocycles. The molecule has 1 aromatic carbocycles. The third kappa shape index (κ3) is 5.51. The van der Waals surface area contributed by atoms with Crippen LogP contribution in [0.1, 0.15) is 33.3 Å². The van der Waals surface area contributed by atoms with E-state index in [4.69, 9.17) is 9.05 Å². The molecule has 4 nitrogen and oxygen atoms in total. The van der Waals surface area contributed by atoms with Crippen LogP contribution in [-0.2, 0) is 13.6 Å². The van der Waals surface area contributed by atoms with E-state index in [-0.39, 0.29) is 0 Å². The SMILES string of the molecule is CCOP(=O)(OCC)C(=NC=C(C)C)c1ccc(Br)cc1. The van der Waals surface area contributed by atoms with Crippen molar-refractivity contribution >= 4 is 29.0 Å². The fourth-order valence-corrected chi connectivity index (χ4v) is 3.52. The molecular formula is C15H21BrNO3P. The van der Waals surface area contributed by atoms with Crippen LogP contribution in [0.3, 0.4) is 0 Å². The van der Waals surface area contributed by atoms with Gasteiger partial charge in [0.05, 0.1) is 13.2 Å². The predicted molar refractivity (Wildman–Crippen MR) is 91.0 cm³/mol. The van der Waals surface area contributed by atoms with Crippen LogP contribution in [0.4, 0.5) is 0 Å². The summed E-state index contributed by atoms with van der Waals surface area (Å²) in [4.78, 5) is 4.36. The number of rotatable bonds is 7. The Morgan fingerprint density at radius 3 is 2.14 bits per heavy atom. The van der Waals surface area contributed by atoms with Crippen molar-refractivity contribution in [2.75, 3.05) is 13.2 Å². The molecule has 0 radical (unpaired) electrons. The quantitative estimate of drug-likeness (QED) is 0.475. The summed E-state index contributed by atoms with van der Waals surface area (Å²) >= 11 is 3.39. The van der Waals surface area contributed by atoms with E-state index in [0.29, 0.717) is 18.7 Å². The fourth-order valence-electron chi connectivity index (χ4n) is 1.59. The summed E-state index contributed by atoms with van der Waals surface area (Å²) < 4.78 is 24.8. The molecule has 0 aliphatic heterocycles. The van der Waals surface area contributed by atoms with Crippen LogP contribution < -0.4 is 0 Å². The molecule has 0 N–H and O–H groups in total. The van der Waals surface area contributed by atoms with E-state index in [1.165, 1.54) is 0 Å². The van der Waals surface area contributed by atoms with E-state index in [1.54, 1.807) is 20.0 Å². The molecule has 0 bridgehead atoms. The maximum atomic E-state index is 13.0. The highest BCUT2D eigenvalue weighted by molar-refractivity contribution is 9.10. The van der Waals surface area contributed by atoms with E-state index in [2.05, 4.69) is 20.9 Å². The van der Waals surface area contributed by atoms with Gasteiger partial charge < -0.3 is 9.05 Å². The lowest BCUT2D eigenvalue weighted by Gasteiger charge is -2.19. The molecule has 0 saturated carbocycles. The number of nitrogens with zero attached hydrogens (tertiary/aromatic N) is 1. The summed E-state index contributed by atoms with van der Waals surface area (Å²) in [7, 11) is -3.43. The van der Waals surface area contributed by atoms with Gasteiger partial charge in [-0.25, -0.2) is 4.99 Å². The number of hydrogen-bond donors (Lipinski definition) is 0. The van der Waals surface area contributed by atoms with Gasteiger partial charge in [-0.2, -0.15) is 0 Å². The maximum absolute atomic E-state index is 13.0. The highest BCUT2D eigenvalue weighted by Gasteiger charge is 2.32. The van der Waals surface area contributed by atoms with Crippen molar-refractivity contribution in [3.8, 4) is 0 Å². The molecule has 0 aliphatic rings. The summed E-state index contributed by atoms with van der Waals surface area (Å²) in [6.45, 7) is 8.00. The average molecular weight is 374 g/mol. The van der Waals surface area contributed by atoms with Gasteiger partial charge in [-0.15, -0.1) is 0 Å².